The molecule has 0 aliphatic heterocycles. The molecule has 0 radical (unpaired) electrons. The molecular weight excluding hydrogens is 309 g/mol. The SMILES string of the molecule is CCNCc1c(F)cccc1Oc1ccc(Br)cc1. The van der Waals surface area contributed by atoms with Crippen LogP contribution in [0.25, 0.3) is 0 Å². The van der Waals surface area contributed by atoms with Gasteiger partial charge in [0.25, 0.3) is 0 Å². The van der Waals surface area contributed by atoms with Crippen molar-refractivity contribution in [2.75, 3.05) is 6.54 Å². The van der Waals surface area contributed by atoms with Gasteiger partial charge in [-0.2, -0.15) is 0 Å². The molecule has 0 aliphatic carbocycles. The monoisotopic (exact) mass is 323 g/mol. The number of benzene rings is 2. The zero-order valence-electron chi connectivity index (χ0n) is 10.6. The quantitative estimate of drug-likeness (QED) is 0.875. The molecule has 0 unspecified atom stereocenters. The molecule has 19 heavy (non-hydrogen) atoms. The van der Waals surface area contributed by atoms with Gasteiger partial charge in [0.2, 0.25) is 0 Å². The van der Waals surface area contributed by atoms with E-state index in [0.717, 1.165) is 11.0 Å². The van der Waals surface area contributed by atoms with Crippen LogP contribution < -0.4 is 10.1 Å². The molecule has 0 aliphatic rings. The minimum absolute atomic E-state index is 0.254. The predicted molar refractivity (Wildman–Crippen MR) is 78.0 cm³/mol. The summed E-state index contributed by atoms with van der Waals surface area (Å²) in [5.41, 5.74) is 0.548. The lowest BCUT2D eigenvalue weighted by Gasteiger charge is -2.12. The van der Waals surface area contributed by atoms with E-state index in [2.05, 4.69) is 21.2 Å². The lowest BCUT2D eigenvalue weighted by molar-refractivity contribution is 0.462. The molecule has 0 amide bonds. The number of hydrogen-bond acceptors (Lipinski definition) is 2. The Balaban J connectivity index is 2.23. The molecule has 2 rings (SSSR count). The lowest BCUT2D eigenvalue weighted by Crippen LogP contribution is -2.13. The molecule has 0 fully saturated rings. The van der Waals surface area contributed by atoms with E-state index in [1.165, 1.54) is 6.07 Å². The summed E-state index contributed by atoms with van der Waals surface area (Å²) in [5, 5.41) is 3.11. The fraction of sp³-hybridized carbons (Fsp3) is 0.200. The predicted octanol–water partition coefficient (Wildman–Crippen LogP) is 4.49. The first-order chi connectivity index (χ1) is 9.20. The van der Waals surface area contributed by atoms with Crippen LogP contribution in [-0.2, 0) is 6.54 Å². The minimum Gasteiger partial charge on any atom is -0.457 e. The van der Waals surface area contributed by atoms with E-state index in [1.807, 2.05) is 31.2 Å². The molecule has 0 spiro atoms. The van der Waals surface area contributed by atoms with E-state index in [0.29, 0.717) is 23.6 Å². The van der Waals surface area contributed by atoms with Gasteiger partial charge in [0, 0.05) is 16.6 Å². The number of halogens is 2. The maximum absolute atomic E-state index is 13.8. The first kappa shape index (κ1) is 14.0. The van der Waals surface area contributed by atoms with Crippen LogP contribution in [0, 0.1) is 5.82 Å². The van der Waals surface area contributed by atoms with Crippen molar-refractivity contribution in [2.45, 2.75) is 13.5 Å². The molecule has 0 heterocycles. The van der Waals surface area contributed by atoms with E-state index in [9.17, 15) is 4.39 Å². The van der Waals surface area contributed by atoms with Crippen LogP contribution in [-0.4, -0.2) is 6.54 Å². The highest BCUT2D eigenvalue weighted by Crippen LogP contribution is 2.28. The zero-order chi connectivity index (χ0) is 13.7. The second-order valence-electron chi connectivity index (χ2n) is 4.05. The maximum atomic E-state index is 13.8. The first-order valence-corrected chi connectivity index (χ1v) is 6.91. The second-order valence-corrected chi connectivity index (χ2v) is 4.97. The molecule has 2 aromatic carbocycles. The van der Waals surface area contributed by atoms with Gasteiger partial charge in [-0.25, -0.2) is 4.39 Å². The molecule has 0 saturated heterocycles. The van der Waals surface area contributed by atoms with Crippen LogP contribution in [0.15, 0.2) is 46.9 Å². The summed E-state index contributed by atoms with van der Waals surface area (Å²) in [6.07, 6.45) is 0. The minimum atomic E-state index is -0.254. The highest BCUT2D eigenvalue weighted by Gasteiger charge is 2.09. The Morgan fingerprint density at radius 1 is 1.16 bits per heavy atom. The van der Waals surface area contributed by atoms with Gasteiger partial charge in [-0.1, -0.05) is 28.9 Å². The van der Waals surface area contributed by atoms with E-state index >= 15 is 0 Å². The number of hydrogen-bond donors (Lipinski definition) is 1. The van der Waals surface area contributed by atoms with Crippen molar-refractivity contribution in [1.29, 1.82) is 0 Å². The molecule has 100 valence electrons. The van der Waals surface area contributed by atoms with Gasteiger partial charge >= 0.3 is 0 Å². The van der Waals surface area contributed by atoms with E-state index in [1.54, 1.807) is 12.1 Å². The van der Waals surface area contributed by atoms with Crippen molar-refractivity contribution < 1.29 is 9.13 Å². The Bertz CT molecular complexity index is 542. The van der Waals surface area contributed by atoms with Crippen molar-refractivity contribution in [3.8, 4) is 11.5 Å². The third-order valence-corrected chi connectivity index (χ3v) is 3.20. The fourth-order valence-corrected chi connectivity index (χ4v) is 1.95. The maximum Gasteiger partial charge on any atom is 0.134 e. The van der Waals surface area contributed by atoms with Crippen LogP contribution >= 0.6 is 15.9 Å². The Hall–Kier alpha value is -1.39. The van der Waals surface area contributed by atoms with Crippen LogP contribution in [0.4, 0.5) is 4.39 Å². The molecule has 2 aromatic rings. The van der Waals surface area contributed by atoms with Gasteiger partial charge in [0.05, 0.1) is 0 Å². The van der Waals surface area contributed by atoms with Crippen LogP contribution in [0.1, 0.15) is 12.5 Å². The van der Waals surface area contributed by atoms with E-state index in [4.69, 9.17) is 4.74 Å². The Labute approximate surface area is 120 Å². The highest BCUT2D eigenvalue weighted by molar-refractivity contribution is 9.10. The van der Waals surface area contributed by atoms with Crippen molar-refractivity contribution in [1.82, 2.24) is 5.32 Å². The smallest absolute Gasteiger partial charge is 0.134 e. The van der Waals surface area contributed by atoms with Gasteiger partial charge in [-0.15, -0.1) is 0 Å². The first-order valence-electron chi connectivity index (χ1n) is 6.12. The van der Waals surface area contributed by atoms with Crippen molar-refractivity contribution in [2.24, 2.45) is 0 Å². The zero-order valence-corrected chi connectivity index (χ0v) is 12.2. The number of ether oxygens (including phenoxy) is 1. The number of nitrogens with one attached hydrogen (secondary N) is 1. The van der Waals surface area contributed by atoms with Crippen LogP contribution in [0.5, 0.6) is 11.5 Å². The third-order valence-electron chi connectivity index (χ3n) is 2.67. The Morgan fingerprint density at radius 2 is 1.89 bits per heavy atom. The van der Waals surface area contributed by atoms with Crippen LogP contribution in [0.2, 0.25) is 0 Å². The van der Waals surface area contributed by atoms with Crippen molar-refractivity contribution >= 4 is 15.9 Å². The summed E-state index contributed by atoms with van der Waals surface area (Å²) in [6.45, 7) is 3.22. The van der Waals surface area contributed by atoms with Crippen molar-refractivity contribution in [3.05, 3.63) is 58.3 Å². The molecule has 1 N–H and O–H groups in total. The Morgan fingerprint density at radius 3 is 2.58 bits per heavy atom. The summed E-state index contributed by atoms with van der Waals surface area (Å²) in [6, 6.07) is 12.3. The molecule has 0 bridgehead atoms. The summed E-state index contributed by atoms with van der Waals surface area (Å²) >= 11 is 3.37. The molecule has 0 saturated carbocycles. The largest absolute Gasteiger partial charge is 0.457 e. The average Bonchev–Trinajstić information content (AvgIpc) is 2.41. The standard InChI is InChI=1S/C15H15BrFNO/c1-2-18-10-13-14(17)4-3-5-15(13)19-12-8-6-11(16)7-9-12/h3-9,18H,2,10H2,1H3. The molecule has 0 atom stereocenters. The van der Waals surface area contributed by atoms with Gasteiger partial charge in [0.1, 0.15) is 17.3 Å². The molecule has 4 heteroatoms. The van der Waals surface area contributed by atoms with Crippen LogP contribution in [0.3, 0.4) is 0 Å². The van der Waals surface area contributed by atoms with E-state index < -0.39 is 0 Å². The third kappa shape index (κ3) is 3.78. The normalized spacial score (nSPS) is 10.5. The summed E-state index contributed by atoms with van der Waals surface area (Å²) in [4.78, 5) is 0. The Kier molecular flexibility index (Phi) is 4.93. The molecule has 0 aromatic heterocycles. The summed E-state index contributed by atoms with van der Waals surface area (Å²) in [7, 11) is 0. The van der Waals surface area contributed by atoms with Crippen molar-refractivity contribution in [3.63, 3.8) is 0 Å². The second kappa shape index (κ2) is 6.68. The number of rotatable bonds is 5. The summed E-state index contributed by atoms with van der Waals surface area (Å²) in [5.74, 6) is 0.977. The van der Waals surface area contributed by atoms with Gasteiger partial charge in [-0.05, 0) is 42.9 Å². The van der Waals surface area contributed by atoms with Gasteiger partial charge in [0.15, 0.2) is 0 Å². The molecular formula is C15H15BrFNO. The summed E-state index contributed by atoms with van der Waals surface area (Å²) < 4.78 is 20.5. The van der Waals surface area contributed by atoms with E-state index in [-0.39, 0.29) is 5.82 Å². The fourth-order valence-electron chi connectivity index (χ4n) is 1.69. The average molecular weight is 324 g/mol. The topological polar surface area (TPSA) is 21.3 Å². The van der Waals surface area contributed by atoms with Gasteiger partial charge in [-0.3, -0.25) is 0 Å². The molecule has 2 nitrogen and oxygen atoms in total. The highest BCUT2D eigenvalue weighted by atomic mass is 79.9. The lowest BCUT2D eigenvalue weighted by atomic mass is 10.2. The van der Waals surface area contributed by atoms with Gasteiger partial charge < -0.3 is 10.1 Å².